The summed E-state index contributed by atoms with van der Waals surface area (Å²) in [5.74, 6) is 5.70. The molecule has 0 unspecified atom stereocenters. The lowest BCUT2D eigenvalue weighted by molar-refractivity contribution is 0.924. The van der Waals surface area contributed by atoms with Crippen molar-refractivity contribution >= 4 is 11.4 Å². The van der Waals surface area contributed by atoms with E-state index in [-0.39, 0.29) is 0 Å². The monoisotopic (exact) mass is 251 g/mol. The van der Waals surface area contributed by atoms with Crippen LogP contribution in [0.15, 0.2) is 48.5 Å². The van der Waals surface area contributed by atoms with Gasteiger partial charge in [0.25, 0.3) is 0 Å². The number of rotatable bonds is 1. The minimum Gasteiger partial charge on any atom is -0.397 e. The molecule has 19 heavy (non-hydrogen) atoms. The maximum absolute atomic E-state index is 6.32. The molecule has 2 aromatic carbocycles. The lowest BCUT2D eigenvalue weighted by atomic mass is 9.90. The van der Waals surface area contributed by atoms with Gasteiger partial charge in [-0.15, -0.1) is 0 Å². The fourth-order valence-electron chi connectivity index (χ4n) is 2.69. The first-order chi connectivity index (χ1) is 9.31. The van der Waals surface area contributed by atoms with Gasteiger partial charge in [0.2, 0.25) is 0 Å². The maximum atomic E-state index is 6.32. The molecule has 1 aliphatic carbocycles. The number of fused-ring (bicyclic) bond motifs is 2. The second-order valence-electron chi connectivity index (χ2n) is 4.75. The Hall–Kier alpha value is -2.26. The molecule has 0 atom stereocenters. The first-order valence-electron chi connectivity index (χ1n) is 6.44. The van der Waals surface area contributed by atoms with Gasteiger partial charge in [0.1, 0.15) is 0 Å². The number of hydrogen-bond donors (Lipinski definition) is 3. The summed E-state index contributed by atoms with van der Waals surface area (Å²) in [5.41, 5.74) is 15.3. The molecule has 3 heteroatoms. The predicted molar refractivity (Wildman–Crippen MR) is 78.6 cm³/mol. The number of aryl methyl sites for hydroxylation is 2. The van der Waals surface area contributed by atoms with E-state index in [0.717, 1.165) is 29.7 Å². The van der Waals surface area contributed by atoms with Crippen molar-refractivity contribution in [3.05, 3.63) is 70.8 Å². The van der Waals surface area contributed by atoms with E-state index < -0.39 is 0 Å². The molecule has 0 saturated carbocycles. The van der Waals surface area contributed by atoms with E-state index in [1.807, 2.05) is 12.1 Å². The molecule has 2 aromatic rings. The Bertz CT molecular complexity index is 644. The normalized spacial score (nSPS) is 17.9. The molecule has 0 spiro atoms. The Labute approximate surface area is 112 Å². The molecule has 96 valence electrons. The molecule has 0 radical (unpaired) electrons. The van der Waals surface area contributed by atoms with Crippen LogP contribution in [0.1, 0.15) is 22.3 Å². The molecule has 5 N–H and O–H groups in total. The Morgan fingerprint density at radius 3 is 1.95 bits per heavy atom. The van der Waals surface area contributed by atoms with Gasteiger partial charge < -0.3 is 11.2 Å². The van der Waals surface area contributed by atoms with Crippen molar-refractivity contribution in [3.8, 4) is 0 Å². The minimum atomic E-state index is 0.713. The molecular formula is C16H17N3. The van der Waals surface area contributed by atoms with Crippen LogP contribution >= 0.6 is 0 Å². The van der Waals surface area contributed by atoms with Crippen LogP contribution in [0.2, 0.25) is 0 Å². The van der Waals surface area contributed by atoms with Crippen LogP contribution in [0.4, 0.5) is 0 Å². The second kappa shape index (κ2) is 4.78. The first kappa shape index (κ1) is 11.8. The van der Waals surface area contributed by atoms with Gasteiger partial charge in [0.05, 0.1) is 11.4 Å². The summed E-state index contributed by atoms with van der Waals surface area (Å²) < 4.78 is 0. The standard InChI is InChI=1S/C16H17N3/c17-15-13-7-3-1-5-11(13)9-10-12-6-2-4-8-14(12)16(15)19-18/h1-8,19H,9-10,17-18H2/b16-15-. The van der Waals surface area contributed by atoms with E-state index in [0.29, 0.717) is 5.70 Å². The van der Waals surface area contributed by atoms with E-state index in [1.54, 1.807) is 0 Å². The van der Waals surface area contributed by atoms with Gasteiger partial charge in [0.15, 0.2) is 0 Å². The van der Waals surface area contributed by atoms with Gasteiger partial charge in [0, 0.05) is 11.1 Å². The highest BCUT2D eigenvalue weighted by molar-refractivity contribution is 5.90. The zero-order valence-electron chi connectivity index (χ0n) is 10.7. The van der Waals surface area contributed by atoms with Crippen molar-refractivity contribution in [2.45, 2.75) is 12.8 Å². The Morgan fingerprint density at radius 2 is 1.32 bits per heavy atom. The van der Waals surface area contributed by atoms with E-state index in [1.165, 1.54) is 11.1 Å². The highest BCUT2D eigenvalue weighted by Gasteiger charge is 2.17. The smallest absolute Gasteiger partial charge is 0.0798 e. The average Bonchev–Trinajstić information content (AvgIpc) is 2.46. The summed E-state index contributed by atoms with van der Waals surface area (Å²) in [4.78, 5) is 0. The van der Waals surface area contributed by atoms with Gasteiger partial charge in [-0.1, -0.05) is 48.5 Å². The SMILES string of the molecule is NN/C1=C(\N)c2ccccc2CCc2ccccc21. The highest BCUT2D eigenvalue weighted by Crippen LogP contribution is 2.29. The van der Waals surface area contributed by atoms with Gasteiger partial charge in [-0.05, 0) is 24.0 Å². The summed E-state index contributed by atoms with van der Waals surface area (Å²) in [6.07, 6.45) is 1.98. The molecule has 3 rings (SSSR count). The van der Waals surface area contributed by atoms with Crippen LogP contribution in [0, 0.1) is 0 Å². The number of nitrogens with two attached hydrogens (primary N) is 2. The zero-order chi connectivity index (χ0) is 13.2. The number of hydrogen-bond acceptors (Lipinski definition) is 3. The van der Waals surface area contributed by atoms with E-state index >= 15 is 0 Å². The van der Waals surface area contributed by atoms with Crippen LogP contribution in [-0.2, 0) is 12.8 Å². The average molecular weight is 251 g/mol. The van der Waals surface area contributed by atoms with Crippen LogP contribution < -0.4 is 17.0 Å². The van der Waals surface area contributed by atoms with E-state index in [4.69, 9.17) is 11.6 Å². The van der Waals surface area contributed by atoms with Gasteiger partial charge in [-0.2, -0.15) is 0 Å². The summed E-state index contributed by atoms with van der Waals surface area (Å²) in [6, 6.07) is 16.5. The molecule has 0 amide bonds. The van der Waals surface area contributed by atoms with E-state index in [2.05, 4.69) is 41.8 Å². The minimum absolute atomic E-state index is 0.713. The molecule has 3 nitrogen and oxygen atoms in total. The molecule has 0 bridgehead atoms. The summed E-state index contributed by atoms with van der Waals surface area (Å²) in [7, 11) is 0. The maximum Gasteiger partial charge on any atom is 0.0798 e. The van der Waals surface area contributed by atoms with Crippen molar-refractivity contribution in [1.29, 1.82) is 0 Å². The van der Waals surface area contributed by atoms with E-state index in [9.17, 15) is 0 Å². The van der Waals surface area contributed by atoms with Crippen LogP contribution in [0.3, 0.4) is 0 Å². The van der Waals surface area contributed by atoms with Gasteiger partial charge in [-0.25, -0.2) is 0 Å². The topological polar surface area (TPSA) is 64.1 Å². The van der Waals surface area contributed by atoms with Crippen molar-refractivity contribution in [3.63, 3.8) is 0 Å². The predicted octanol–water partition coefficient (Wildman–Crippen LogP) is 2.03. The fraction of sp³-hybridized carbons (Fsp3) is 0.125. The lowest BCUT2D eigenvalue weighted by Gasteiger charge is -2.20. The number of benzene rings is 2. The Balaban J connectivity index is 2.28. The van der Waals surface area contributed by atoms with Crippen molar-refractivity contribution < 1.29 is 0 Å². The van der Waals surface area contributed by atoms with Crippen LogP contribution in [0.25, 0.3) is 11.4 Å². The molecule has 0 aliphatic heterocycles. The van der Waals surface area contributed by atoms with Crippen molar-refractivity contribution in [2.24, 2.45) is 11.6 Å². The molecule has 0 heterocycles. The van der Waals surface area contributed by atoms with Crippen molar-refractivity contribution in [1.82, 2.24) is 5.43 Å². The third-order valence-corrected chi connectivity index (χ3v) is 3.67. The number of hydrazine groups is 1. The third kappa shape index (κ3) is 1.98. The largest absolute Gasteiger partial charge is 0.397 e. The summed E-state index contributed by atoms with van der Waals surface area (Å²) >= 11 is 0. The first-order valence-corrected chi connectivity index (χ1v) is 6.44. The van der Waals surface area contributed by atoms with Gasteiger partial charge >= 0.3 is 0 Å². The molecule has 1 aliphatic rings. The second-order valence-corrected chi connectivity index (χ2v) is 4.75. The number of nitrogens with one attached hydrogen (secondary N) is 1. The Morgan fingerprint density at radius 1 is 0.789 bits per heavy atom. The lowest BCUT2D eigenvalue weighted by Crippen LogP contribution is -2.25. The van der Waals surface area contributed by atoms with Crippen molar-refractivity contribution in [2.75, 3.05) is 0 Å². The highest BCUT2D eigenvalue weighted by atomic mass is 15.2. The summed E-state index contributed by atoms with van der Waals surface area (Å²) in [5, 5.41) is 0. The molecule has 0 fully saturated rings. The Kier molecular flexibility index (Phi) is 2.97. The van der Waals surface area contributed by atoms with Crippen LogP contribution in [0.5, 0.6) is 0 Å². The quantitative estimate of drug-likeness (QED) is 0.537. The zero-order valence-corrected chi connectivity index (χ0v) is 10.7. The molecular weight excluding hydrogens is 234 g/mol. The molecule has 0 aromatic heterocycles. The summed E-state index contributed by atoms with van der Waals surface area (Å²) in [6.45, 7) is 0. The third-order valence-electron chi connectivity index (χ3n) is 3.67. The van der Waals surface area contributed by atoms with Gasteiger partial charge in [-0.3, -0.25) is 5.84 Å². The fourth-order valence-corrected chi connectivity index (χ4v) is 2.69. The molecule has 0 saturated heterocycles. The van der Waals surface area contributed by atoms with Crippen LogP contribution in [-0.4, -0.2) is 0 Å².